The zero-order valence-electron chi connectivity index (χ0n) is 23.0. The van der Waals surface area contributed by atoms with Crippen molar-refractivity contribution in [3.8, 4) is 11.1 Å². The van der Waals surface area contributed by atoms with Crippen LogP contribution in [-0.2, 0) is 28.2 Å². The molecule has 0 aliphatic carbocycles. The predicted octanol–water partition coefficient (Wildman–Crippen LogP) is 5.62. The number of esters is 1. The Kier molecular flexibility index (Phi) is 9.29. The van der Waals surface area contributed by atoms with E-state index < -0.39 is 29.6 Å². The third-order valence-electron chi connectivity index (χ3n) is 7.40. The van der Waals surface area contributed by atoms with Crippen LogP contribution in [0, 0.1) is 6.92 Å². The van der Waals surface area contributed by atoms with E-state index in [9.17, 15) is 36.2 Å². The number of benzene rings is 2. The third kappa shape index (κ3) is 6.61. The quantitative estimate of drug-likeness (QED) is 0.270. The fraction of sp³-hybridized carbons (Fsp3) is 0.400. The molecule has 1 aliphatic rings. The van der Waals surface area contributed by atoms with E-state index in [4.69, 9.17) is 4.74 Å². The van der Waals surface area contributed by atoms with Crippen molar-refractivity contribution in [3.63, 3.8) is 0 Å². The summed E-state index contributed by atoms with van der Waals surface area (Å²) in [4.78, 5) is 21.1. The Morgan fingerprint density at radius 3 is 2.14 bits per heavy atom. The Labute approximate surface area is 239 Å². The molecule has 1 N–H and O–H groups in total. The topological polar surface area (TPSA) is 65.9 Å². The summed E-state index contributed by atoms with van der Waals surface area (Å²) in [5.41, 5.74) is -2.58. The van der Waals surface area contributed by atoms with Crippen molar-refractivity contribution >= 4 is 5.97 Å². The van der Waals surface area contributed by atoms with Crippen LogP contribution in [-0.4, -0.2) is 70.5 Å². The number of carbonyl (C=O) groups is 1. The number of pyridine rings is 1. The van der Waals surface area contributed by atoms with Gasteiger partial charge in [-0.25, -0.2) is 0 Å². The van der Waals surface area contributed by atoms with Gasteiger partial charge in [-0.15, -0.1) is 0 Å². The van der Waals surface area contributed by atoms with Crippen LogP contribution >= 0.6 is 0 Å². The summed E-state index contributed by atoms with van der Waals surface area (Å²) in [6.45, 7) is 6.71. The van der Waals surface area contributed by atoms with E-state index in [0.717, 1.165) is 35.4 Å². The lowest BCUT2D eigenvalue weighted by atomic mass is 9.90. The number of alkyl halides is 6. The summed E-state index contributed by atoms with van der Waals surface area (Å²) in [5, 5.41) is 9.66. The minimum Gasteiger partial charge on any atom is -0.465 e. The van der Waals surface area contributed by atoms with Crippen molar-refractivity contribution in [1.82, 2.24) is 14.8 Å². The lowest BCUT2D eigenvalue weighted by Gasteiger charge is -2.40. The number of aryl methyl sites for hydroxylation is 1. The van der Waals surface area contributed by atoms with E-state index in [1.165, 1.54) is 0 Å². The first kappa shape index (κ1) is 31.5. The van der Waals surface area contributed by atoms with Crippen molar-refractivity contribution in [2.45, 2.75) is 50.9 Å². The molecule has 6 nitrogen and oxygen atoms in total. The van der Waals surface area contributed by atoms with E-state index >= 15 is 0 Å². The molecule has 0 saturated carbocycles. The molecule has 42 heavy (non-hydrogen) atoms. The van der Waals surface area contributed by atoms with E-state index in [2.05, 4.69) is 9.88 Å². The first-order chi connectivity index (χ1) is 19.7. The lowest BCUT2D eigenvalue weighted by Crippen LogP contribution is -2.56. The summed E-state index contributed by atoms with van der Waals surface area (Å²) >= 11 is 0. The van der Waals surface area contributed by atoms with Crippen molar-refractivity contribution in [2.24, 2.45) is 0 Å². The molecule has 0 radical (unpaired) electrons. The molecule has 1 aromatic heterocycles. The zero-order chi connectivity index (χ0) is 30.7. The zero-order valence-corrected chi connectivity index (χ0v) is 23.0. The molecule has 1 saturated heterocycles. The fourth-order valence-corrected chi connectivity index (χ4v) is 5.18. The number of nitrogens with zero attached hydrogens (tertiary/aromatic N) is 3. The van der Waals surface area contributed by atoms with E-state index in [-0.39, 0.29) is 12.6 Å². The largest absolute Gasteiger partial charge is 0.465 e. The normalized spacial score (nSPS) is 17.3. The molecule has 4 rings (SSSR count). The van der Waals surface area contributed by atoms with Gasteiger partial charge in [0, 0.05) is 50.7 Å². The van der Waals surface area contributed by atoms with E-state index in [0.29, 0.717) is 49.4 Å². The standard InChI is InChI=1S/C30H31F6N3O3/c1-3-42-27(40)26-19-38(17-21-10-12-37-13-11-21)14-15-39(26)18-22-4-9-25(20(2)16-22)23-5-7-24(8-6-23)28(41,29(31,32)33)30(34,35)36/h4-13,16,26,41H,3,14-15,17-19H2,1-2H3/t26-/m1/s1. The van der Waals surface area contributed by atoms with Gasteiger partial charge in [-0.3, -0.25) is 19.6 Å². The highest BCUT2D eigenvalue weighted by Gasteiger charge is 2.71. The van der Waals surface area contributed by atoms with Crippen molar-refractivity contribution < 1.29 is 41.0 Å². The summed E-state index contributed by atoms with van der Waals surface area (Å²) in [7, 11) is 0. The van der Waals surface area contributed by atoms with Crippen LogP contribution in [0.15, 0.2) is 67.0 Å². The molecule has 2 heterocycles. The average molecular weight is 596 g/mol. The molecule has 0 bridgehead atoms. The number of aromatic nitrogens is 1. The molecule has 12 heteroatoms. The SMILES string of the molecule is CCOC(=O)[C@H]1CN(Cc2ccncc2)CCN1Cc1ccc(-c2ccc(C(O)(C(F)(F)F)C(F)(F)F)cc2)c(C)c1. The molecule has 1 fully saturated rings. The van der Waals surface area contributed by atoms with Gasteiger partial charge in [0.2, 0.25) is 0 Å². The molecule has 2 aromatic carbocycles. The van der Waals surface area contributed by atoms with Crippen LogP contribution in [0.2, 0.25) is 0 Å². The first-order valence-electron chi connectivity index (χ1n) is 13.3. The van der Waals surface area contributed by atoms with Gasteiger partial charge in [0.25, 0.3) is 5.60 Å². The molecule has 3 aromatic rings. The summed E-state index contributed by atoms with van der Waals surface area (Å²) in [6.07, 6.45) is -8.45. The van der Waals surface area contributed by atoms with Crippen LogP contribution in [0.1, 0.15) is 29.2 Å². The van der Waals surface area contributed by atoms with Crippen LogP contribution < -0.4 is 0 Å². The Hall–Kier alpha value is -3.48. The van der Waals surface area contributed by atoms with E-state index in [1.807, 2.05) is 29.2 Å². The van der Waals surface area contributed by atoms with Crippen LogP contribution in [0.4, 0.5) is 26.3 Å². The molecule has 0 unspecified atom stereocenters. The van der Waals surface area contributed by atoms with Gasteiger partial charge >= 0.3 is 18.3 Å². The van der Waals surface area contributed by atoms with Gasteiger partial charge in [0.1, 0.15) is 6.04 Å². The minimum atomic E-state index is -5.95. The molecule has 226 valence electrons. The Morgan fingerprint density at radius 1 is 0.929 bits per heavy atom. The Bertz CT molecular complexity index is 1350. The predicted molar refractivity (Wildman–Crippen MR) is 143 cm³/mol. The molecular formula is C30H31F6N3O3. The Morgan fingerprint density at radius 2 is 1.57 bits per heavy atom. The molecule has 0 spiro atoms. The van der Waals surface area contributed by atoms with Gasteiger partial charge in [0.05, 0.1) is 6.61 Å². The maximum atomic E-state index is 13.2. The average Bonchev–Trinajstić information content (AvgIpc) is 2.93. The highest BCUT2D eigenvalue weighted by molar-refractivity contribution is 5.76. The van der Waals surface area contributed by atoms with Crippen molar-refractivity contribution in [2.75, 3.05) is 26.2 Å². The van der Waals surface area contributed by atoms with Crippen LogP contribution in [0.25, 0.3) is 11.1 Å². The third-order valence-corrected chi connectivity index (χ3v) is 7.40. The Balaban J connectivity index is 1.51. The number of carbonyl (C=O) groups excluding carboxylic acids is 1. The number of piperazine rings is 1. The second kappa shape index (κ2) is 12.4. The van der Waals surface area contributed by atoms with Crippen molar-refractivity contribution in [3.05, 3.63) is 89.2 Å². The van der Waals surface area contributed by atoms with Crippen molar-refractivity contribution in [1.29, 1.82) is 0 Å². The number of halogens is 6. The highest BCUT2D eigenvalue weighted by atomic mass is 19.4. The van der Waals surface area contributed by atoms with Crippen LogP contribution in [0.3, 0.4) is 0 Å². The summed E-state index contributed by atoms with van der Waals surface area (Å²) < 4.78 is 84.8. The smallest absolute Gasteiger partial charge is 0.430 e. The monoisotopic (exact) mass is 595 g/mol. The maximum Gasteiger partial charge on any atom is 0.430 e. The maximum absolute atomic E-state index is 13.2. The second-order valence-corrected chi connectivity index (χ2v) is 10.3. The highest BCUT2D eigenvalue weighted by Crippen LogP contribution is 2.50. The number of aliphatic hydroxyl groups is 1. The first-order valence-corrected chi connectivity index (χ1v) is 13.3. The minimum absolute atomic E-state index is 0.253. The van der Waals surface area contributed by atoms with Crippen LogP contribution in [0.5, 0.6) is 0 Å². The van der Waals surface area contributed by atoms with Gasteiger partial charge in [-0.05, 0) is 53.8 Å². The number of hydrogen-bond acceptors (Lipinski definition) is 6. The second-order valence-electron chi connectivity index (χ2n) is 10.3. The van der Waals surface area contributed by atoms with Gasteiger partial charge in [-0.2, -0.15) is 26.3 Å². The van der Waals surface area contributed by atoms with Gasteiger partial charge < -0.3 is 9.84 Å². The summed E-state index contributed by atoms with van der Waals surface area (Å²) in [5.74, 6) is -0.317. The lowest BCUT2D eigenvalue weighted by molar-refractivity contribution is -0.376. The number of ether oxygens (including phenoxy) is 1. The molecule has 1 atom stereocenters. The number of rotatable bonds is 8. The molecule has 1 aliphatic heterocycles. The fourth-order valence-electron chi connectivity index (χ4n) is 5.18. The number of hydrogen-bond donors (Lipinski definition) is 1. The molecular weight excluding hydrogens is 564 g/mol. The van der Waals surface area contributed by atoms with Gasteiger partial charge in [0.15, 0.2) is 0 Å². The summed E-state index contributed by atoms with van der Waals surface area (Å²) in [6, 6.07) is 12.3. The van der Waals surface area contributed by atoms with Gasteiger partial charge in [-0.1, -0.05) is 42.5 Å². The molecule has 0 amide bonds. The van der Waals surface area contributed by atoms with E-state index in [1.54, 1.807) is 32.3 Å².